The Balaban J connectivity index is 1.70. The molecule has 0 saturated carbocycles. The first-order valence-electron chi connectivity index (χ1n) is 6.76. The maximum absolute atomic E-state index is 8.84. The smallest absolute Gasteiger partial charge is 0.142 e. The molecule has 5 heteroatoms. The maximum Gasteiger partial charge on any atom is 0.142 e. The number of anilines is 4. The van der Waals surface area contributed by atoms with Gasteiger partial charge < -0.3 is 10.6 Å². The predicted molar refractivity (Wildman–Crippen MR) is 86.2 cm³/mol. The Morgan fingerprint density at radius 1 is 0.773 bits per heavy atom. The minimum Gasteiger partial charge on any atom is -0.340 e. The molecule has 5 nitrogen and oxygen atoms in total. The molecule has 0 amide bonds. The third kappa shape index (κ3) is 3.38. The van der Waals surface area contributed by atoms with Crippen LogP contribution in [0.4, 0.5) is 23.0 Å². The van der Waals surface area contributed by atoms with E-state index in [0.717, 1.165) is 17.2 Å². The Hall–Kier alpha value is -3.39. The number of nitrogens with zero attached hydrogens (tertiary/aromatic N) is 3. The second-order valence-electron chi connectivity index (χ2n) is 4.57. The molecule has 0 fully saturated rings. The summed E-state index contributed by atoms with van der Waals surface area (Å²) in [6.45, 7) is 0. The highest BCUT2D eigenvalue weighted by Gasteiger charge is 2.00. The fourth-order valence-electron chi connectivity index (χ4n) is 1.93. The van der Waals surface area contributed by atoms with E-state index in [-0.39, 0.29) is 0 Å². The number of benzene rings is 1. The van der Waals surface area contributed by atoms with Crippen molar-refractivity contribution in [2.75, 3.05) is 10.6 Å². The van der Waals surface area contributed by atoms with E-state index in [4.69, 9.17) is 5.26 Å². The molecular weight excluding hydrogens is 274 g/mol. The van der Waals surface area contributed by atoms with Gasteiger partial charge >= 0.3 is 0 Å². The van der Waals surface area contributed by atoms with E-state index in [1.54, 1.807) is 24.4 Å². The van der Waals surface area contributed by atoms with Crippen molar-refractivity contribution in [1.82, 2.24) is 9.97 Å². The third-order valence-electron chi connectivity index (χ3n) is 2.95. The number of pyridine rings is 2. The van der Waals surface area contributed by atoms with Crippen LogP contribution in [-0.2, 0) is 0 Å². The topological polar surface area (TPSA) is 73.6 Å². The summed E-state index contributed by atoms with van der Waals surface area (Å²) in [6.07, 6.45) is 1.71. The molecule has 2 heterocycles. The van der Waals surface area contributed by atoms with Crippen LogP contribution in [0.5, 0.6) is 0 Å². The van der Waals surface area contributed by atoms with Gasteiger partial charge in [-0.05, 0) is 36.4 Å². The van der Waals surface area contributed by atoms with Crippen LogP contribution in [0.2, 0.25) is 0 Å². The van der Waals surface area contributed by atoms with E-state index < -0.39 is 0 Å². The second kappa shape index (κ2) is 6.37. The van der Waals surface area contributed by atoms with Crippen LogP contribution < -0.4 is 10.6 Å². The van der Waals surface area contributed by atoms with Crippen LogP contribution in [0.3, 0.4) is 0 Å². The number of nitriles is 1. The molecule has 3 rings (SSSR count). The zero-order valence-corrected chi connectivity index (χ0v) is 11.7. The molecule has 2 N–H and O–H groups in total. The summed E-state index contributed by atoms with van der Waals surface area (Å²) in [7, 11) is 0. The summed E-state index contributed by atoms with van der Waals surface area (Å²) < 4.78 is 0. The Kier molecular flexibility index (Phi) is 3.94. The van der Waals surface area contributed by atoms with E-state index >= 15 is 0 Å². The van der Waals surface area contributed by atoms with Crippen molar-refractivity contribution in [2.45, 2.75) is 0 Å². The number of para-hydroxylation sites is 1. The summed E-state index contributed by atoms with van der Waals surface area (Å²) >= 11 is 0. The summed E-state index contributed by atoms with van der Waals surface area (Å²) in [6, 6.07) is 20.9. The van der Waals surface area contributed by atoms with Crippen LogP contribution >= 0.6 is 0 Å². The highest BCUT2D eigenvalue weighted by Crippen LogP contribution is 2.18. The number of rotatable bonds is 4. The lowest BCUT2D eigenvalue weighted by Gasteiger charge is -2.08. The van der Waals surface area contributed by atoms with Gasteiger partial charge in [0.15, 0.2) is 0 Å². The summed E-state index contributed by atoms with van der Waals surface area (Å²) in [5.41, 5.74) is 2.17. The van der Waals surface area contributed by atoms with E-state index in [1.165, 1.54) is 0 Å². The van der Waals surface area contributed by atoms with Gasteiger partial charge in [0.25, 0.3) is 0 Å². The second-order valence-corrected chi connectivity index (χ2v) is 4.57. The summed E-state index contributed by atoms with van der Waals surface area (Å²) in [4.78, 5) is 8.51. The Bertz CT molecular complexity index is 791. The Morgan fingerprint density at radius 3 is 2.32 bits per heavy atom. The lowest BCUT2D eigenvalue weighted by atomic mass is 10.3. The molecule has 0 aliphatic carbocycles. The first-order valence-corrected chi connectivity index (χ1v) is 6.76. The van der Waals surface area contributed by atoms with Gasteiger partial charge in [0.1, 0.15) is 23.4 Å². The molecular formula is C17H13N5. The van der Waals surface area contributed by atoms with Crippen LogP contribution in [0.25, 0.3) is 0 Å². The SMILES string of the molecule is N#Cc1cccc(Nc2ccc(Nc3ccccc3)nc2)n1. The van der Waals surface area contributed by atoms with Crippen molar-refractivity contribution in [2.24, 2.45) is 0 Å². The Labute approximate surface area is 128 Å². The van der Waals surface area contributed by atoms with Gasteiger partial charge in [-0.3, -0.25) is 0 Å². The number of aromatic nitrogens is 2. The molecule has 2 aromatic heterocycles. The molecule has 106 valence electrons. The van der Waals surface area contributed by atoms with Crippen LogP contribution in [0.15, 0.2) is 66.9 Å². The zero-order valence-electron chi connectivity index (χ0n) is 11.7. The lowest BCUT2D eigenvalue weighted by molar-refractivity contribution is 1.24. The summed E-state index contributed by atoms with van der Waals surface area (Å²) in [5, 5.41) is 15.2. The van der Waals surface area contributed by atoms with Crippen molar-refractivity contribution in [3.8, 4) is 6.07 Å². The van der Waals surface area contributed by atoms with Crippen molar-refractivity contribution >= 4 is 23.0 Å². The zero-order chi connectivity index (χ0) is 15.2. The number of hydrogen-bond acceptors (Lipinski definition) is 5. The van der Waals surface area contributed by atoms with Gasteiger partial charge in [-0.1, -0.05) is 24.3 Å². The fourth-order valence-corrected chi connectivity index (χ4v) is 1.93. The monoisotopic (exact) mass is 287 g/mol. The van der Waals surface area contributed by atoms with Gasteiger partial charge in [0, 0.05) is 5.69 Å². The molecule has 0 bridgehead atoms. The number of hydrogen-bond donors (Lipinski definition) is 2. The molecule has 0 spiro atoms. The minimum absolute atomic E-state index is 0.375. The van der Waals surface area contributed by atoms with Crippen molar-refractivity contribution in [1.29, 1.82) is 5.26 Å². The van der Waals surface area contributed by atoms with Gasteiger partial charge in [0.2, 0.25) is 0 Å². The highest BCUT2D eigenvalue weighted by atomic mass is 15.0. The molecule has 0 unspecified atom stereocenters. The van der Waals surface area contributed by atoms with Gasteiger partial charge in [-0.15, -0.1) is 0 Å². The summed E-state index contributed by atoms with van der Waals surface area (Å²) in [5.74, 6) is 1.38. The van der Waals surface area contributed by atoms with Crippen LogP contribution in [0, 0.1) is 11.3 Å². The maximum atomic E-state index is 8.84. The van der Waals surface area contributed by atoms with Gasteiger partial charge in [-0.2, -0.15) is 5.26 Å². The van der Waals surface area contributed by atoms with Gasteiger partial charge in [-0.25, -0.2) is 9.97 Å². The van der Waals surface area contributed by atoms with Crippen molar-refractivity contribution < 1.29 is 0 Å². The van der Waals surface area contributed by atoms with Crippen LogP contribution in [0.1, 0.15) is 5.69 Å². The average Bonchev–Trinajstić information content (AvgIpc) is 2.58. The first-order chi connectivity index (χ1) is 10.8. The minimum atomic E-state index is 0.375. The van der Waals surface area contributed by atoms with E-state index in [1.807, 2.05) is 48.5 Å². The quantitative estimate of drug-likeness (QED) is 0.762. The largest absolute Gasteiger partial charge is 0.340 e. The highest BCUT2D eigenvalue weighted by molar-refractivity contribution is 5.60. The lowest BCUT2D eigenvalue weighted by Crippen LogP contribution is -1.97. The molecule has 1 aromatic carbocycles. The van der Waals surface area contributed by atoms with Crippen molar-refractivity contribution in [3.05, 3.63) is 72.6 Å². The molecule has 0 radical (unpaired) electrons. The molecule has 22 heavy (non-hydrogen) atoms. The van der Waals surface area contributed by atoms with E-state index in [9.17, 15) is 0 Å². The predicted octanol–water partition coefficient (Wildman–Crippen LogP) is 3.84. The van der Waals surface area contributed by atoms with E-state index in [2.05, 4.69) is 20.6 Å². The average molecular weight is 287 g/mol. The molecule has 0 aliphatic rings. The normalized spacial score (nSPS) is 9.77. The molecule has 0 aliphatic heterocycles. The fraction of sp³-hybridized carbons (Fsp3) is 0. The first kappa shape index (κ1) is 13.6. The third-order valence-corrected chi connectivity index (χ3v) is 2.95. The van der Waals surface area contributed by atoms with E-state index in [0.29, 0.717) is 11.5 Å². The number of nitrogens with one attached hydrogen (secondary N) is 2. The molecule has 0 atom stereocenters. The molecule has 3 aromatic rings. The van der Waals surface area contributed by atoms with Crippen molar-refractivity contribution in [3.63, 3.8) is 0 Å². The Morgan fingerprint density at radius 2 is 1.59 bits per heavy atom. The molecule has 0 saturated heterocycles. The van der Waals surface area contributed by atoms with Gasteiger partial charge in [0.05, 0.1) is 11.9 Å². The van der Waals surface area contributed by atoms with Crippen LogP contribution in [-0.4, -0.2) is 9.97 Å². The standard InChI is InChI=1S/C17H13N5/c18-11-14-7-4-8-17(21-14)22-15-9-10-16(19-12-15)20-13-5-2-1-3-6-13/h1-10,12H,(H,19,20)(H,21,22).